The van der Waals surface area contributed by atoms with E-state index in [-0.39, 0.29) is 17.3 Å². The van der Waals surface area contributed by atoms with Crippen molar-refractivity contribution in [1.82, 2.24) is 10.3 Å². The molecule has 2 rings (SSSR count). The van der Waals surface area contributed by atoms with Crippen LogP contribution in [0.15, 0.2) is 24.4 Å². The summed E-state index contributed by atoms with van der Waals surface area (Å²) in [4.78, 5) is 14.9. The van der Waals surface area contributed by atoms with Gasteiger partial charge in [-0.2, -0.15) is 0 Å². The van der Waals surface area contributed by atoms with E-state index in [0.717, 1.165) is 5.52 Å². The van der Waals surface area contributed by atoms with Gasteiger partial charge in [0.05, 0.1) is 5.56 Å². The third-order valence-electron chi connectivity index (χ3n) is 2.38. The van der Waals surface area contributed by atoms with Crippen LogP contribution >= 0.6 is 0 Å². The Labute approximate surface area is 99.0 Å². The topological polar surface area (TPSA) is 44.9 Å². The van der Waals surface area contributed by atoms with Gasteiger partial charge in [0.15, 0.2) is 0 Å². The average Bonchev–Trinajstić information content (AvgIpc) is 2.57. The van der Waals surface area contributed by atoms with E-state index < -0.39 is 0 Å². The van der Waals surface area contributed by atoms with Gasteiger partial charge >= 0.3 is 0 Å². The number of fused-ring (bicyclic) bond motifs is 1. The first kappa shape index (κ1) is 11.6. The van der Waals surface area contributed by atoms with Crippen molar-refractivity contribution in [2.45, 2.75) is 26.3 Å². The summed E-state index contributed by atoms with van der Waals surface area (Å²) < 4.78 is 13.1. The fraction of sp³-hybridized carbons (Fsp3) is 0.308. The van der Waals surface area contributed by atoms with Crippen LogP contribution in [0.4, 0.5) is 4.39 Å². The molecule has 90 valence electrons. The Morgan fingerprint density at radius 2 is 2.06 bits per heavy atom. The lowest BCUT2D eigenvalue weighted by Crippen LogP contribution is -2.40. The van der Waals surface area contributed by atoms with E-state index in [1.54, 1.807) is 12.3 Å². The van der Waals surface area contributed by atoms with Crippen LogP contribution in [0.3, 0.4) is 0 Å². The maximum absolute atomic E-state index is 13.1. The van der Waals surface area contributed by atoms with Crippen molar-refractivity contribution in [3.63, 3.8) is 0 Å². The van der Waals surface area contributed by atoms with E-state index in [1.165, 1.54) is 12.1 Å². The lowest BCUT2D eigenvalue weighted by molar-refractivity contribution is 0.0921. The molecule has 0 aliphatic rings. The van der Waals surface area contributed by atoms with E-state index in [4.69, 9.17) is 0 Å². The minimum atomic E-state index is -0.345. The van der Waals surface area contributed by atoms with Crippen molar-refractivity contribution >= 4 is 16.8 Å². The zero-order valence-electron chi connectivity index (χ0n) is 10.1. The van der Waals surface area contributed by atoms with Gasteiger partial charge in [0.25, 0.3) is 5.91 Å². The Kier molecular flexibility index (Phi) is 2.65. The number of amides is 1. The van der Waals surface area contributed by atoms with Crippen LogP contribution in [0.1, 0.15) is 31.1 Å². The van der Waals surface area contributed by atoms with E-state index >= 15 is 0 Å². The van der Waals surface area contributed by atoms with Crippen LogP contribution < -0.4 is 5.32 Å². The summed E-state index contributed by atoms with van der Waals surface area (Å²) in [7, 11) is 0. The van der Waals surface area contributed by atoms with Crippen molar-refractivity contribution in [2.75, 3.05) is 0 Å². The maximum atomic E-state index is 13.1. The van der Waals surface area contributed by atoms with Gasteiger partial charge in [-0.05, 0) is 39.0 Å². The number of aromatic amines is 1. The molecule has 0 unspecified atom stereocenters. The maximum Gasteiger partial charge on any atom is 0.253 e. The van der Waals surface area contributed by atoms with Gasteiger partial charge in [0, 0.05) is 22.6 Å². The number of halogens is 1. The zero-order valence-corrected chi connectivity index (χ0v) is 10.1. The molecule has 0 fully saturated rings. The highest BCUT2D eigenvalue weighted by Crippen LogP contribution is 2.19. The van der Waals surface area contributed by atoms with Crippen LogP contribution in [0.2, 0.25) is 0 Å². The number of rotatable bonds is 1. The minimum Gasteiger partial charge on any atom is -0.360 e. The molecule has 1 aromatic heterocycles. The van der Waals surface area contributed by atoms with Gasteiger partial charge < -0.3 is 10.3 Å². The second-order valence-electron chi connectivity index (χ2n) is 5.10. The number of carbonyl (C=O) groups is 1. The van der Waals surface area contributed by atoms with E-state index in [1.807, 2.05) is 20.8 Å². The van der Waals surface area contributed by atoms with Crippen LogP contribution in [-0.2, 0) is 0 Å². The lowest BCUT2D eigenvalue weighted by atomic mass is 10.1. The number of aromatic nitrogens is 1. The third-order valence-corrected chi connectivity index (χ3v) is 2.38. The molecule has 0 bridgehead atoms. The number of nitrogens with one attached hydrogen (secondary N) is 2. The first-order valence-corrected chi connectivity index (χ1v) is 5.46. The van der Waals surface area contributed by atoms with Crippen molar-refractivity contribution in [1.29, 1.82) is 0 Å². The molecule has 17 heavy (non-hydrogen) atoms. The second kappa shape index (κ2) is 3.87. The van der Waals surface area contributed by atoms with Crippen molar-refractivity contribution in [3.8, 4) is 0 Å². The van der Waals surface area contributed by atoms with Crippen molar-refractivity contribution < 1.29 is 9.18 Å². The molecule has 1 heterocycles. The standard InChI is InChI=1S/C13H15FN2O/c1-13(2,3)16-12(17)10-7-15-11-5-4-8(14)6-9(10)11/h4-7,15H,1-3H3,(H,16,17). The third kappa shape index (κ3) is 2.46. The predicted molar refractivity (Wildman–Crippen MR) is 65.5 cm³/mol. The molecule has 0 saturated carbocycles. The first-order valence-electron chi connectivity index (χ1n) is 5.46. The van der Waals surface area contributed by atoms with Gasteiger partial charge in [-0.25, -0.2) is 4.39 Å². The normalized spacial score (nSPS) is 11.8. The minimum absolute atomic E-state index is 0.200. The molecule has 4 heteroatoms. The van der Waals surface area contributed by atoms with Crippen LogP contribution in [0.25, 0.3) is 10.9 Å². The summed E-state index contributed by atoms with van der Waals surface area (Å²) in [5.74, 6) is -0.545. The fourth-order valence-corrected chi connectivity index (χ4v) is 1.69. The molecule has 1 aromatic carbocycles. The second-order valence-corrected chi connectivity index (χ2v) is 5.10. The Bertz CT molecular complexity index is 566. The van der Waals surface area contributed by atoms with Gasteiger partial charge in [0.1, 0.15) is 5.82 Å². The monoisotopic (exact) mass is 234 g/mol. The molecule has 0 aliphatic carbocycles. The summed E-state index contributed by atoms with van der Waals surface area (Å²) >= 11 is 0. The smallest absolute Gasteiger partial charge is 0.253 e. The molecular formula is C13H15FN2O. The zero-order chi connectivity index (χ0) is 12.6. The van der Waals surface area contributed by atoms with Gasteiger partial charge in [-0.1, -0.05) is 0 Å². The number of hydrogen-bond acceptors (Lipinski definition) is 1. The summed E-state index contributed by atoms with van der Waals surface area (Å²) in [5.41, 5.74) is 0.911. The molecular weight excluding hydrogens is 219 g/mol. The number of carbonyl (C=O) groups excluding carboxylic acids is 1. The summed E-state index contributed by atoms with van der Waals surface area (Å²) in [6.45, 7) is 5.71. The summed E-state index contributed by atoms with van der Waals surface area (Å²) in [6, 6.07) is 4.35. The number of benzene rings is 1. The molecule has 2 N–H and O–H groups in total. The quantitative estimate of drug-likeness (QED) is 0.783. The van der Waals surface area contributed by atoms with Crippen LogP contribution in [0.5, 0.6) is 0 Å². The van der Waals surface area contributed by atoms with E-state index in [2.05, 4.69) is 10.3 Å². The van der Waals surface area contributed by atoms with E-state index in [0.29, 0.717) is 10.9 Å². The molecule has 3 nitrogen and oxygen atoms in total. The lowest BCUT2D eigenvalue weighted by Gasteiger charge is -2.20. The largest absolute Gasteiger partial charge is 0.360 e. The van der Waals surface area contributed by atoms with Gasteiger partial charge in [-0.15, -0.1) is 0 Å². The number of H-pyrrole nitrogens is 1. The van der Waals surface area contributed by atoms with Gasteiger partial charge in [-0.3, -0.25) is 4.79 Å². The molecule has 0 atom stereocenters. The molecule has 1 amide bonds. The first-order chi connectivity index (χ1) is 7.87. The SMILES string of the molecule is CC(C)(C)NC(=O)c1c[nH]c2ccc(F)cc12. The highest BCUT2D eigenvalue weighted by atomic mass is 19.1. The Balaban J connectivity index is 2.42. The molecule has 0 saturated heterocycles. The predicted octanol–water partition coefficient (Wildman–Crippen LogP) is 2.84. The van der Waals surface area contributed by atoms with Gasteiger partial charge in [0.2, 0.25) is 0 Å². The Morgan fingerprint density at radius 3 is 2.71 bits per heavy atom. The summed E-state index contributed by atoms with van der Waals surface area (Å²) in [6.07, 6.45) is 1.60. The Morgan fingerprint density at radius 1 is 1.35 bits per heavy atom. The summed E-state index contributed by atoms with van der Waals surface area (Å²) in [5, 5.41) is 3.46. The van der Waals surface area contributed by atoms with Crippen LogP contribution in [0, 0.1) is 5.82 Å². The molecule has 0 aliphatic heterocycles. The average molecular weight is 234 g/mol. The number of hydrogen-bond donors (Lipinski definition) is 2. The molecule has 0 radical (unpaired) electrons. The Hall–Kier alpha value is -1.84. The fourth-order valence-electron chi connectivity index (χ4n) is 1.69. The highest BCUT2D eigenvalue weighted by molar-refractivity contribution is 6.06. The van der Waals surface area contributed by atoms with Crippen molar-refractivity contribution in [2.24, 2.45) is 0 Å². The molecule has 0 spiro atoms. The molecule has 2 aromatic rings. The highest BCUT2D eigenvalue weighted by Gasteiger charge is 2.18. The van der Waals surface area contributed by atoms with Crippen molar-refractivity contribution in [3.05, 3.63) is 35.8 Å². The van der Waals surface area contributed by atoms with E-state index in [9.17, 15) is 9.18 Å². The van der Waals surface area contributed by atoms with Crippen LogP contribution in [-0.4, -0.2) is 16.4 Å².